The van der Waals surface area contributed by atoms with Crippen molar-refractivity contribution in [2.24, 2.45) is 0 Å². The number of aliphatic hydroxyl groups is 1. The van der Waals surface area contributed by atoms with Gasteiger partial charge in [0.1, 0.15) is 0 Å². The van der Waals surface area contributed by atoms with Crippen LogP contribution in [0.1, 0.15) is 19.3 Å². The fraction of sp³-hybridized carbons (Fsp3) is 0.846. The third-order valence-electron chi connectivity index (χ3n) is 2.97. The van der Waals surface area contributed by atoms with E-state index < -0.39 is 16.1 Å². The van der Waals surface area contributed by atoms with Crippen LogP contribution in [0.15, 0.2) is 12.2 Å². The van der Waals surface area contributed by atoms with Crippen LogP contribution >= 0.6 is 0 Å². The van der Waals surface area contributed by atoms with Gasteiger partial charge in [0.2, 0.25) is 0 Å². The summed E-state index contributed by atoms with van der Waals surface area (Å²) >= 11 is 0. The Bertz CT molecular complexity index is 197. The molecule has 0 aliphatic rings. The lowest BCUT2D eigenvalue weighted by Crippen LogP contribution is -2.42. The Morgan fingerprint density at radius 1 is 0.938 bits per heavy atom. The lowest BCUT2D eigenvalue weighted by molar-refractivity contribution is 0.285. The molecular weight excluding hydrogens is 228 g/mol. The minimum absolute atomic E-state index is 0.333. The second kappa shape index (κ2) is 6.77. The third-order valence-corrected chi connectivity index (χ3v) is 12.3. The third kappa shape index (κ3) is 6.66. The molecule has 16 heavy (non-hydrogen) atoms. The van der Waals surface area contributed by atoms with Gasteiger partial charge in [-0.25, -0.2) is 0 Å². The molecule has 0 aromatic rings. The Morgan fingerprint density at radius 3 is 1.81 bits per heavy atom. The van der Waals surface area contributed by atoms with Gasteiger partial charge in [0.25, 0.3) is 0 Å². The van der Waals surface area contributed by atoms with Crippen molar-refractivity contribution in [1.29, 1.82) is 0 Å². The van der Waals surface area contributed by atoms with Crippen LogP contribution in [0.25, 0.3) is 0 Å². The fourth-order valence-electron chi connectivity index (χ4n) is 2.48. The zero-order valence-corrected chi connectivity index (χ0v) is 14.0. The lowest BCUT2D eigenvalue weighted by Gasteiger charge is -2.36. The molecule has 1 N–H and O–H groups in total. The summed E-state index contributed by atoms with van der Waals surface area (Å²) in [5, 5.41) is 9.59. The molecule has 96 valence electrons. The summed E-state index contributed by atoms with van der Waals surface area (Å²) in [6.45, 7) is 15.2. The fourth-order valence-corrected chi connectivity index (χ4v) is 14.3. The summed E-state index contributed by atoms with van der Waals surface area (Å²) in [5.41, 5.74) is 0. The quantitative estimate of drug-likeness (QED) is 0.410. The van der Waals surface area contributed by atoms with Crippen LogP contribution in [0, 0.1) is 0 Å². The van der Waals surface area contributed by atoms with Gasteiger partial charge in [-0.15, -0.1) is 0 Å². The molecule has 0 aromatic heterocycles. The molecule has 3 heteroatoms. The van der Waals surface area contributed by atoms with Crippen molar-refractivity contribution in [2.75, 3.05) is 6.61 Å². The number of rotatable bonds is 7. The van der Waals surface area contributed by atoms with E-state index in [0.29, 0.717) is 6.61 Å². The molecule has 0 spiro atoms. The Balaban J connectivity index is 4.35. The summed E-state index contributed by atoms with van der Waals surface area (Å²) in [5.74, 6) is 0. The molecule has 0 fully saturated rings. The molecule has 0 aliphatic heterocycles. The van der Waals surface area contributed by atoms with Crippen LogP contribution in [0.5, 0.6) is 0 Å². The highest BCUT2D eigenvalue weighted by molar-refractivity contribution is 6.96. The van der Waals surface area contributed by atoms with Gasteiger partial charge >= 0.3 is 0 Å². The summed E-state index contributed by atoms with van der Waals surface area (Å²) < 4.78 is 0. The molecule has 0 heterocycles. The lowest BCUT2D eigenvalue weighted by atomic mass is 10.2. The van der Waals surface area contributed by atoms with Crippen LogP contribution < -0.4 is 0 Å². The average molecular weight is 259 g/mol. The Hall–Kier alpha value is 0.134. The van der Waals surface area contributed by atoms with E-state index in [9.17, 15) is 0 Å². The van der Waals surface area contributed by atoms with E-state index in [2.05, 4.69) is 51.4 Å². The van der Waals surface area contributed by atoms with E-state index in [4.69, 9.17) is 5.11 Å². The van der Waals surface area contributed by atoms with Crippen LogP contribution in [0.4, 0.5) is 0 Å². The standard InChI is InChI=1S/C13H30OSi2/c1-15(2,3)13(16(4,5)6)11-9-7-8-10-12-14/h9,11,13-14H,7-8,10,12H2,1-6H3/b11-9+. The van der Waals surface area contributed by atoms with E-state index in [1.807, 2.05) is 0 Å². The number of hydrogen-bond acceptors (Lipinski definition) is 1. The highest BCUT2D eigenvalue weighted by Gasteiger charge is 2.35. The van der Waals surface area contributed by atoms with Gasteiger partial charge in [0.05, 0.1) is 0 Å². The van der Waals surface area contributed by atoms with E-state index in [1.165, 1.54) is 0 Å². The van der Waals surface area contributed by atoms with Gasteiger partial charge in [-0.05, 0) is 24.4 Å². The molecule has 0 bridgehead atoms. The number of aliphatic hydroxyl groups excluding tert-OH is 1. The van der Waals surface area contributed by atoms with Gasteiger partial charge in [0, 0.05) is 22.8 Å². The molecular formula is C13H30OSi2. The monoisotopic (exact) mass is 258 g/mol. The van der Waals surface area contributed by atoms with Crippen molar-refractivity contribution in [3.8, 4) is 0 Å². The second-order valence-electron chi connectivity index (χ2n) is 6.86. The minimum Gasteiger partial charge on any atom is -0.396 e. The average Bonchev–Trinajstić information content (AvgIpc) is 2.06. The number of allylic oxidation sites excluding steroid dienone is 2. The van der Waals surface area contributed by atoms with Gasteiger partial charge in [0.15, 0.2) is 0 Å². The predicted octanol–water partition coefficient (Wildman–Crippen LogP) is 4.29. The highest BCUT2D eigenvalue weighted by Crippen LogP contribution is 2.33. The SMILES string of the molecule is C[Si](C)(C)C(/C=C/CCCCO)[Si](C)(C)C. The van der Waals surface area contributed by atoms with Crippen LogP contribution in [-0.2, 0) is 0 Å². The van der Waals surface area contributed by atoms with E-state index in [0.717, 1.165) is 24.4 Å². The van der Waals surface area contributed by atoms with Gasteiger partial charge in [-0.2, -0.15) is 0 Å². The molecule has 1 nitrogen and oxygen atoms in total. The first-order valence-corrected chi connectivity index (χ1v) is 13.6. The van der Waals surface area contributed by atoms with Crippen molar-refractivity contribution in [3.63, 3.8) is 0 Å². The first-order valence-electron chi connectivity index (χ1n) is 6.47. The normalized spacial score (nSPS) is 14.0. The van der Waals surface area contributed by atoms with Crippen LogP contribution in [0.2, 0.25) is 44.4 Å². The molecule has 0 unspecified atom stereocenters. The number of hydrogen-bond donors (Lipinski definition) is 1. The first kappa shape index (κ1) is 16.1. The summed E-state index contributed by atoms with van der Waals surface area (Å²) in [6, 6.07) is 0. The molecule has 0 radical (unpaired) electrons. The van der Waals surface area contributed by atoms with Crippen molar-refractivity contribution in [3.05, 3.63) is 12.2 Å². The van der Waals surface area contributed by atoms with E-state index in [1.54, 1.807) is 0 Å². The topological polar surface area (TPSA) is 20.2 Å². The van der Waals surface area contributed by atoms with E-state index in [-0.39, 0.29) is 0 Å². The van der Waals surface area contributed by atoms with Crippen LogP contribution in [-0.4, -0.2) is 27.9 Å². The van der Waals surface area contributed by atoms with Gasteiger partial charge in [-0.3, -0.25) is 0 Å². The molecule has 0 aliphatic carbocycles. The Labute approximate surface area is 104 Å². The predicted molar refractivity (Wildman–Crippen MR) is 80.5 cm³/mol. The maximum absolute atomic E-state index is 8.72. The maximum Gasteiger partial charge on any atom is 0.0485 e. The summed E-state index contributed by atoms with van der Waals surface area (Å²) in [7, 11) is -2.13. The molecule has 0 saturated heterocycles. The van der Waals surface area contributed by atoms with Crippen molar-refractivity contribution < 1.29 is 5.11 Å². The summed E-state index contributed by atoms with van der Waals surface area (Å²) in [4.78, 5) is 0. The largest absolute Gasteiger partial charge is 0.396 e. The molecule has 0 atom stereocenters. The summed E-state index contributed by atoms with van der Waals surface area (Å²) in [6.07, 6.45) is 8.05. The molecule has 0 amide bonds. The van der Waals surface area contributed by atoms with Crippen molar-refractivity contribution in [2.45, 2.75) is 63.7 Å². The van der Waals surface area contributed by atoms with E-state index >= 15 is 0 Å². The highest BCUT2D eigenvalue weighted by atomic mass is 28.4. The van der Waals surface area contributed by atoms with Crippen molar-refractivity contribution in [1.82, 2.24) is 0 Å². The Kier molecular flexibility index (Phi) is 6.83. The molecule has 0 saturated carbocycles. The second-order valence-corrected chi connectivity index (χ2v) is 18.1. The Morgan fingerprint density at radius 2 is 1.44 bits per heavy atom. The minimum atomic E-state index is -1.07. The smallest absolute Gasteiger partial charge is 0.0485 e. The van der Waals surface area contributed by atoms with Gasteiger partial charge in [-0.1, -0.05) is 51.4 Å². The maximum atomic E-state index is 8.72. The zero-order chi connectivity index (χ0) is 12.8. The molecule has 0 rings (SSSR count). The molecule has 0 aromatic carbocycles. The van der Waals surface area contributed by atoms with Crippen molar-refractivity contribution >= 4 is 16.1 Å². The van der Waals surface area contributed by atoms with Gasteiger partial charge < -0.3 is 5.11 Å². The zero-order valence-electron chi connectivity index (χ0n) is 12.0. The van der Waals surface area contributed by atoms with Crippen LogP contribution in [0.3, 0.4) is 0 Å². The first-order chi connectivity index (χ1) is 7.19. The number of unbranched alkanes of at least 4 members (excludes halogenated alkanes) is 2.